The number of nitrogens with one attached hydrogen (secondary N) is 2. The van der Waals surface area contributed by atoms with E-state index in [0.717, 1.165) is 24.1 Å². The second kappa shape index (κ2) is 6.93. The number of hydrogen-bond donors (Lipinski definition) is 2. The molecule has 0 radical (unpaired) electrons. The van der Waals surface area contributed by atoms with E-state index in [-0.39, 0.29) is 22.8 Å². The average Bonchev–Trinajstić information content (AvgIpc) is 2.95. The summed E-state index contributed by atoms with van der Waals surface area (Å²) in [5.74, 6) is 0.0834. The van der Waals surface area contributed by atoms with Crippen molar-refractivity contribution in [2.75, 3.05) is 16.4 Å². The molecule has 2 amide bonds. The van der Waals surface area contributed by atoms with Crippen LogP contribution in [0.2, 0.25) is 0 Å². The number of carbonyl (C=O) groups is 2. The fourth-order valence-corrected chi connectivity index (χ4v) is 3.73. The highest BCUT2D eigenvalue weighted by atomic mass is 32.2. The number of anilines is 2. The van der Waals surface area contributed by atoms with Gasteiger partial charge in [-0.25, -0.2) is 4.98 Å². The van der Waals surface area contributed by atoms with Crippen molar-refractivity contribution in [1.82, 2.24) is 4.98 Å². The first kappa shape index (κ1) is 15.1. The molecule has 0 bridgehead atoms. The molecule has 2 aromatic rings. The van der Waals surface area contributed by atoms with E-state index in [1.165, 1.54) is 23.1 Å². The van der Waals surface area contributed by atoms with Crippen molar-refractivity contribution >= 4 is 45.7 Å². The molecule has 1 unspecified atom stereocenters. The van der Waals surface area contributed by atoms with Crippen LogP contribution in [0.25, 0.3) is 0 Å². The van der Waals surface area contributed by atoms with E-state index in [9.17, 15) is 9.59 Å². The number of hydrogen-bond acceptors (Lipinski definition) is 5. The number of thioether (sulfide) groups is 1. The number of benzene rings is 1. The maximum absolute atomic E-state index is 12.2. The largest absolute Gasteiger partial charge is 0.325 e. The highest BCUT2D eigenvalue weighted by Crippen LogP contribution is 2.27. The number of nitrogens with zero attached hydrogens (tertiary/aromatic N) is 1. The zero-order valence-corrected chi connectivity index (χ0v) is 13.4. The number of aryl methyl sites for hydroxylation is 1. The Morgan fingerprint density at radius 1 is 1.45 bits per heavy atom. The van der Waals surface area contributed by atoms with Gasteiger partial charge in [-0.3, -0.25) is 9.59 Å². The maximum Gasteiger partial charge on any atom is 0.237 e. The summed E-state index contributed by atoms with van der Waals surface area (Å²) in [7, 11) is 0. The van der Waals surface area contributed by atoms with Gasteiger partial charge in [0.05, 0.1) is 11.0 Å². The second-order valence-corrected chi connectivity index (χ2v) is 6.96. The van der Waals surface area contributed by atoms with Crippen molar-refractivity contribution in [1.29, 1.82) is 0 Å². The Bertz CT molecular complexity index is 673. The molecule has 22 heavy (non-hydrogen) atoms. The van der Waals surface area contributed by atoms with Gasteiger partial charge >= 0.3 is 0 Å². The number of amides is 2. The topological polar surface area (TPSA) is 71.1 Å². The molecule has 0 saturated carbocycles. The van der Waals surface area contributed by atoms with Crippen LogP contribution < -0.4 is 10.6 Å². The van der Waals surface area contributed by atoms with E-state index >= 15 is 0 Å². The molecule has 0 fully saturated rings. The Morgan fingerprint density at radius 3 is 3.14 bits per heavy atom. The predicted molar refractivity (Wildman–Crippen MR) is 90.4 cm³/mol. The van der Waals surface area contributed by atoms with Gasteiger partial charge in [-0.15, -0.1) is 23.1 Å². The third-order valence-electron chi connectivity index (χ3n) is 3.34. The summed E-state index contributed by atoms with van der Waals surface area (Å²) in [4.78, 5) is 28.1. The molecule has 1 atom stereocenters. The normalized spacial score (nSPS) is 17.3. The Morgan fingerprint density at radius 2 is 2.32 bits per heavy atom. The summed E-state index contributed by atoms with van der Waals surface area (Å²) in [5, 5.41) is 7.84. The zero-order chi connectivity index (χ0) is 15.4. The molecular weight excluding hydrogens is 318 g/mol. The lowest BCUT2D eigenvalue weighted by molar-refractivity contribution is -0.115. The number of fused-ring (bicyclic) bond motifs is 1. The van der Waals surface area contributed by atoms with Gasteiger partial charge in [-0.1, -0.05) is 18.2 Å². The average molecular weight is 333 g/mol. The Kier molecular flexibility index (Phi) is 4.74. The molecule has 0 spiro atoms. The lowest BCUT2D eigenvalue weighted by atomic mass is 10.1. The van der Waals surface area contributed by atoms with Gasteiger partial charge in [-0.2, -0.15) is 0 Å². The summed E-state index contributed by atoms with van der Waals surface area (Å²) in [6.07, 6.45) is 3.21. The molecular formula is C15H15N3O2S2. The minimum absolute atomic E-state index is 0.0306. The SMILES string of the molecule is O=C(CSC1CCc2ccccc2NC1=O)Nc1nccs1. The molecule has 5 nitrogen and oxygen atoms in total. The minimum atomic E-state index is -0.213. The van der Waals surface area contributed by atoms with Crippen LogP contribution in [0, 0.1) is 0 Å². The van der Waals surface area contributed by atoms with E-state index in [2.05, 4.69) is 15.6 Å². The smallest absolute Gasteiger partial charge is 0.237 e. The third kappa shape index (κ3) is 3.66. The van der Waals surface area contributed by atoms with Crippen molar-refractivity contribution in [3.63, 3.8) is 0 Å². The molecule has 1 aromatic carbocycles. The minimum Gasteiger partial charge on any atom is -0.325 e. The lowest BCUT2D eigenvalue weighted by Crippen LogP contribution is -2.26. The molecule has 2 N–H and O–H groups in total. The van der Waals surface area contributed by atoms with Crippen LogP contribution >= 0.6 is 23.1 Å². The van der Waals surface area contributed by atoms with Crippen molar-refractivity contribution < 1.29 is 9.59 Å². The number of rotatable bonds is 4. The van der Waals surface area contributed by atoms with E-state index in [4.69, 9.17) is 0 Å². The van der Waals surface area contributed by atoms with Gasteiger partial charge in [-0.05, 0) is 24.5 Å². The summed E-state index contributed by atoms with van der Waals surface area (Å²) in [5.41, 5.74) is 2.02. The molecule has 3 rings (SSSR count). The highest BCUT2D eigenvalue weighted by molar-refractivity contribution is 8.01. The number of thiazole rings is 1. The van der Waals surface area contributed by atoms with Crippen LogP contribution in [0.15, 0.2) is 35.8 Å². The quantitative estimate of drug-likeness (QED) is 0.902. The maximum atomic E-state index is 12.2. The summed E-state index contributed by atoms with van der Waals surface area (Å²) < 4.78 is 0. The first-order valence-electron chi connectivity index (χ1n) is 6.92. The van der Waals surface area contributed by atoms with Crippen LogP contribution in [0.5, 0.6) is 0 Å². The summed E-state index contributed by atoms with van der Waals surface area (Å²) >= 11 is 2.75. The Hall–Kier alpha value is -1.86. The van der Waals surface area contributed by atoms with Crippen LogP contribution in [-0.2, 0) is 16.0 Å². The van der Waals surface area contributed by atoms with E-state index < -0.39 is 0 Å². The Balaban J connectivity index is 1.55. The predicted octanol–water partition coefficient (Wildman–Crippen LogP) is 2.77. The molecule has 0 aliphatic carbocycles. The van der Waals surface area contributed by atoms with Crippen molar-refractivity contribution in [3.05, 3.63) is 41.4 Å². The van der Waals surface area contributed by atoms with Crippen molar-refractivity contribution in [2.45, 2.75) is 18.1 Å². The van der Waals surface area contributed by atoms with E-state index in [1.54, 1.807) is 11.6 Å². The fraction of sp³-hybridized carbons (Fsp3) is 0.267. The molecule has 1 aromatic heterocycles. The Labute approximate surface area is 136 Å². The number of aromatic nitrogens is 1. The monoisotopic (exact) mass is 333 g/mol. The van der Waals surface area contributed by atoms with Crippen molar-refractivity contribution in [3.8, 4) is 0 Å². The zero-order valence-electron chi connectivity index (χ0n) is 11.7. The van der Waals surface area contributed by atoms with Gasteiger partial charge in [0.1, 0.15) is 0 Å². The summed E-state index contributed by atoms with van der Waals surface area (Å²) in [6, 6.07) is 7.82. The second-order valence-electron chi connectivity index (χ2n) is 4.87. The van der Waals surface area contributed by atoms with Crippen LogP contribution in [-0.4, -0.2) is 27.8 Å². The highest BCUT2D eigenvalue weighted by Gasteiger charge is 2.24. The van der Waals surface area contributed by atoms with E-state index in [1.807, 2.05) is 24.3 Å². The fourth-order valence-electron chi connectivity index (χ4n) is 2.27. The molecule has 1 aliphatic heterocycles. The number of para-hydroxylation sites is 1. The summed E-state index contributed by atoms with van der Waals surface area (Å²) in [6.45, 7) is 0. The molecule has 7 heteroatoms. The van der Waals surface area contributed by atoms with Crippen LogP contribution in [0.4, 0.5) is 10.8 Å². The molecule has 114 valence electrons. The lowest BCUT2D eigenvalue weighted by Gasteiger charge is -2.12. The molecule has 1 aliphatic rings. The number of carbonyl (C=O) groups excluding carboxylic acids is 2. The molecule has 0 saturated heterocycles. The first-order valence-corrected chi connectivity index (χ1v) is 8.85. The third-order valence-corrected chi connectivity index (χ3v) is 5.31. The standard InChI is InChI=1S/C15H15N3O2S2/c19-13(18-15-16-7-8-21-15)9-22-12-6-5-10-3-1-2-4-11(10)17-14(12)20/h1-4,7-8,12H,5-6,9H2,(H,17,20)(H,16,18,19). The first-order chi connectivity index (χ1) is 10.7. The van der Waals surface area contributed by atoms with Crippen LogP contribution in [0.3, 0.4) is 0 Å². The van der Waals surface area contributed by atoms with Gasteiger partial charge in [0, 0.05) is 17.3 Å². The van der Waals surface area contributed by atoms with E-state index in [0.29, 0.717) is 5.13 Å². The van der Waals surface area contributed by atoms with Gasteiger partial charge < -0.3 is 10.6 Å². The van der Waals surface area contributed by atoms with Gasteiger partial charge in [0.2, 0.25) is 11.8 Å². The van der Waals surface area contributed by atoms with Gasteiger partial charge in [0.15, 0.2) is 5.13 Å². The van der Waals surface area contributed by atoms with Crippen LogP contribution in [0.1, 0.15) is 12.0 Å². The van der Waals surface area contributed by atoms with Gasteiger partial charge in [0.25, 0.3) is 0 Å². The van der Waals surface area contributed by atoms with Crippen molar-refractivity contribution in [2.24, 2.45) is 0 Å². The molecule has 2 heterocycles.